The van der Waals surface area contributed by atoms with E-state index in [4.69, 9.17) is 5.11 Å². The molecule has 134 valence electrons. The highest BCUT2D eigenvalue weighted by Crippen LogP contribution is 2.19. The third-order valence-electron chi connectivity index (χ3n) is 3.66. The van der Waals surface area contributed by atoms with Gasteiger partial charge in [-0.1, -0.05) is 19.9 Å². The van der Waals surface area contributed by atoms with Gasteiger partial charge >= 0.3 is 5.97 Å². The number of sulfonamides is 1. The lowest BCUT2D eigenvalue weighted by Gasteiger charge is -2.19. The summed E-state index contributed by atoms with van der Waals surface area (Å²) >= 11 is 0. The lowest BCUT2D eigenvalue weighted by Crippen LogP contribution is -2.35. The monoisotopic (exact) mass is 356 g/mol. The molecule has 0 fully saturated rings. The lowest BCUT2D eigenvalue weighted by molar-refractivity contribution is -0.137. The van der Waals surface area contributed by atoms with E-state index in [-0.39, 0.29) is 16.9 Å². The first kappa shape index (κ1) is 20.1. The summed E-state index contributed by atoms with van der Waals surface area (Å²) in [4.78, 5) is 23.1. The number of nitrogens with zero attached hydrogens (tertiary/aromatic N) is 1. The summed E-state index contributed by atoms with van der Waals surface area (Å²) in [5, 5.41) is 11.3. The van der Waals surface area contributed by atoms with E-state index in [0.29, 0.717) is 18.7 Å². The minimum atomic E-state index is -3.66. The van der Waals surface area contributed by atoms with Gasteiger partial charge in [-0.15, -0.1) is 0 Å². The molecule has 1 unspecified atom stereocenters. The number of carboxylic acid groups (broad SMARTS) is 1. The fraction of sp³-hybridized carbons (Fsp3) is 0.500. The predicted molar refractivity (Wildman–Crippen MR) is 90.5 cm³/mol. The second-order valence-electron chi connectivity index (χ2n) is 5.54. The summed E-state index contributed by atoms with van der Waals surface area (Å²) in [6, 6.07) is 3.83. The van der Waals surface area contributed by atoms with Crippen molar-refractivity contribution in [3.05, 3.63) is 29.3 Å². The first-order valence-corrected chi connectivity index (χ1v) is 9.20. The number of nitrogens with one attached hydrogen (secondary N) is 1. The van der Waals surface area contributed by atoms with Gasteiger partial charge in [0.05, 0.1) is 11.3 Å². The highest BCUT2D eigenvalue weighted by Gasteiger charge is 2.24. The SMILES string of the molecule is CCN(CC)S(=O)(=O)c1ccc(C)c(C(=O)NC(C)CC(=O)O)c1. The molecule has 0 aliphatic carbocycles. The van der Waals surface area contributed by atoms with Crippen LogP contribution in [0.1, 0.15) is 43.1 Å². The summed E-state index contributed by atoms with van der Waals surface area (Å²) in [6.07, 6.45) is -0.206. The van der Waals surface area contributed by atoms with E-state index >= 15 is 0 Å². The second kappa shape index (κ2) is 8.25. The Morgan fingerprint density at radius 2 is 1.83 bits per heavy atom. The van der Waals surface area contributed by atoms with Crippen molar-refractivity contribution in [2.75, 3.05) is 13.1 Å². The van der Waals surface area contributed by atoms with Crippen molar-refractivity contribution in [1.82, 2.24) is 9.62 Å². The minimum absolute atomic E-state index is 0.0489. The third-order valence-corrected chi connectivity index (χ3v) is 5.70. The number of hydrogen-bond acceptors (Lipinski definition) is 4. The number of aliphatic carboxylic acids is 1. The summed E-state index contributed by atoms with van der Waals surface area (Å²) in [7, 11) is -3.66. The van der Waals surface area contributed by atoms with E-state index in [1.54, 1.807) is 33.8 Å². The van der Waals surface area contributed by atoms with Gasteiger partial charge in [-0.05, 0) is 31.5 Å². The zero-order valence-corrected chi connectivity index (χ0v) is 15.2. The van der Waals surface area contributed by atoms with Crippen LogP contribution in [0.4, 0.5) is 0 Å². The lowest BCUT2D eigenvalue weighted by atomic mass is 10.1. The highest BCUT2D eigenvalue weighted by atomic mass is 32.2. The number of carboxylic acids is 1. The van der Waals surface area contributed by atoms with Crippen LogP contribution in [0.3, 0.4) is 0 Å². The van der Waals surface area contributed by atoms with Gasteiger partial charge in [-0.2, -0.15) is 4.31 Å². The summed E-state index contributed by atoms with van der Waals surface area (Å²) in [6.45, 7) is 7.45. The topological polar surface area (TPSA) is 104 Å². The molecule has 1 aromatic rings. The molecule has 0 saturated carbocycles. The molecule has 0 heterocycles. The molecule has 7 nitrogen and oxygen atoms in total. The van der Waals surface area contributed by atoms with E-state index in [1.165, 1.54) is 16.4 Å². The highest BCUT2D eigenvalue weighted by molar-refractivity contribution is 7.89. The maximum absolute atomic E-state index is 12.6. The maximum atomic E-state index is 12.6. The number of aryl methyl sites for hydroxylation is 1. The van der Waals surface area contributed by atoms with Crippen molar-refractivity contribution in [2.45, 2.75) is 45.1 Å². The Hall–Kier alpha value is -1.93. The summed E-state index contributed by atoms with van der Waals surface area (Å²) in [5.41, 5.74) is 0.842. The van der Waals surface area contributed by atoms with E-state index in [2.05, 4.69) is 5.32 Å². The Bertz CT molecular complexity index is 711. The van der Waals surface area contributed by atoms with Crippen LogP contribution in [0.5, 0.6) is 0 Å². The molecule has 8 heteroatoms. The zero-order chi connectivity index (χ0) is 18.5. The average Bonchev–Trinajstić information content (AvgIpc) is 2.47. The quantitative estimate of drug-likeness (QED) is 0.736. The molecule has 1 aromatic carbocycles. The molecule has 24 heavy (non-hydrogen) atoms. The van der Waals surface area contributed by atoms with Crippen LogP contribution in [0.2, 0.25) is 0 Å². The van der Waals surface area contributed by atoms with E-state index in [9.17, 15) is 18.0 Å². The Morgan fingerprint density at radius 3 is 2.33 bits per heavy atom. The molecule has 2 N–H and O–H groups in total. The van der Waals surface area contributed by atoms with Crippen LogP contribution in [-0.4, -0.2) is 48.8 Å². The minimum Gasteiger partial charge on any atom is -0.481 e. The van der Waals surface area contributed by atoms with Crippen molar-refractivity contribution >= 4 is 21.9 Å². The van der Waals surface area contributed by atoms with Crippen molar-refractivity contribution in [1.29, 1.82) is 0 Å². The standard InChI is InChI=1S/C16H24N2O5S/c1-5-18(6-2)24(22,23)13-8-7-11(3)14(10-13)16(21)17-12(4)9-15(19)20/h7-8,10,12H,5-6,9H2,1-4H3,(H,17,21)(H,19,20). The van der Waals surface area contributed by atoms with Crippen LogP contribution < -0.4 is 5.32 Å². The van der Waals surface area contributed by atoms with E-state index in [1.807, 2.05) is 0 Å². The number of carbonyl (C=O) groups is 2. The van der Waals surface area contributed by atoms with Crippen LogP contribution >= 0.6 is 0 Å². The fourth-order valence-corrected chi connectivity index (χ4v) is 3.82. The van der Waals surface area contributed by atoms with E-state index < -0.39 is 27.9 Å². The maximum Gasteiger partial charge on any atom is 0.305 e. The van der Waals surface area contributed by atoms with Gasteiger partial charge in [0.2, 0.25) is 10.0 Å². The van der Waals surface area contributed by atoms with Crippen LogP contribution in [-0.2, 0) is 14.8 Å². The number of carbonyl (C=O) groups excluding carboxylic acids is 1. The molecule has 0 aliphatic heterocycles. The summed E-state index contributed by atoms with van der Waals surface area (Å²) < 4.78 is 26.4. The molecule has 0 aromatic heterocycles. The molecule has 1 amide bonds. The molecule has 0 saturated heterocycles. The predicted octanol–water partition coefficient (Wildman–Crippen LogP) is 1.62. The van der Waals surface area contributed by atoms with Gasteiger partial charge in [0.1, 0.15) is 0 Å². The molecule has 0 spiro atoms. The molecule has 1 atom stereocenters. The van der Waals surface area contributed by atoms with Gasteiger partial charge in [0.25, 0.3) is 5.91 Å². The zero-order valence-electron chi connectivity index (χ0n) is 14.4. The van der Waals surface area contributed by atoms with Crippen LogP contribution in [0, 0.1) is 6.92 Å². The van der Waals surface area contributed by atoms with Crippen LogP contribution in [0.15, 0.2) is 23.1 Å². The number of benzene rings is 1. The van der Waals surface area contributed by atoms with Crippen molar-refractivity contribution in [3.8, 4) is 0 Å². The first-order chi connectivity index (χ1) is 11.1. The van der Waals surface area contributed by atoms with Gasteiger partial charge in [0, 0.05) is 24.7 Å². The Labute approximate surface area is 142 Å². The molecule has 0 aliphatic rings. The van der Waals surface area contributed by atoms with Crippen molar-refractivity contribution in [2.24, 2.45) is 0 Å². The average molecular weight is 356 g/mol. The molecule has 0 bridgehead atoms. The molecular weight excluding hydrogens is 332 g/mol. The molecular formula is C16H24N2O5S. The third kappa shape index (κ3) is 4.78. The first-order valence-electron chi connectivity index (χ1n) is 7.76. The fourth-order valence-electron chi connectivity index (χ4n) is 2.33. The Kier molecular flexibility index (Phi) is 6.92. The number of rotatable bonds is 8. The molecule has 1 rings (SSSR count). The Balaban J connectivity index is 3.14. The van der Waals surface area contributed by atoms with Gasteiger partial charge < -0.3 is 10.4 Å². The van der Waals surface area contributed by atoms with Crippen molar-refractivity contribution in [3.63, 3.8) is 0 Å². The number of hydrogen-bond donors (Lipinski definition) is 2. The Morgan fingerprint density at radius 1 is 1.25 bits per heavy atom. The van der Waals surface area contributed by atoms with Gasteiger partial charge in [0.15, 0.2) is 0 Å². The normalized spacial score (nSPS) is 12.9. The number of amides is 1. The second-order valence-corrected chi connectivity index (χ2v) is 7.48. The van der Waals surface area contributed by atoms with E-state index in [0.717, 1.165) is 0 Å². The van der Waals surface area contributed by atoms with Crippen LogP contribution in [0.25, 0.3) is 0 Å². The summed E-state index contributed by atoms with van der Waals surface area (Å²) in [5.74, 6) is -1.50. The largest absolute Gasteiger partial charge is 0.481 e. The molecule has 0 radical (unpaired) electrons. The smallest absolute Gasteiger partial charge is 0.305 e. The van der Waals surface area contributed by atoms with Crippen molar-refractivity contribution < 1.29 is 23.1 Å². The van der Waals surface area contributed by atoms with Gasteiger partial charge in [-0.3, -0.25) is 9.59 Å². The van der Waals surface area contributed by atoms with Gasteiger partial charge in [-0.25, -0.2) is 8.42 Å².